The first-order valence-corrected chi connectivity index (χ1v) is 9.86. The predicted octanol–water partition coefficient (Wildman–Crippen LogP) is 3.12. The molecule has 156 valence electrons. The van der Waals surface area contributed by atoms with Crippen LogP contribution >= 0.6 is 0 Å². The summed E-state index contributed by atoms with van der Waals surface area (Å²) in [5.74, 6) is 0.307. The number of carbonyl (C=O) groups excluding carboxylic acids is 2. The molecule has 1 aliphatic heterocycles. The molecule has 1 saturated heterocycles. The number of benzene rings is 1. The third-order valence-corrected chi connectivity index (χ3v) is 4.55. The molecule has 1 aromatic carbocycles. The number of ether oxygens (including phenoxy) is 2. The van der Waals surface area contributed by atoms with E-state index in [2.05, 4.69) is 29.4 Å². The Kier molecular flexibility index (Phi) is 7.83. The number of rotatable bonds is 6. The summed E-state index contributed by atoms with van der Waals surface area (Å²) in [6, 6.07) is 7.06. The molecule has 0 saturated carbocycles. The fourth-order valence-electron chi connectivity index (χ4n) is 3.12. The second kappa shape index (κ2) is 9.89. The van der Waals surface area contributed by atoms with Crippen molar-refractivity contribution in [3.63, 3.8) is 0 Å². The van der Waals surface area contributed by atoms with Crippen LogP contribution in [-0.4, -0.2) is 61.4 Å². The molecule has 1 fully saturated rings. The van der Waals surface area contributed by atoms with Crippen molar-refractivity contribution in [1.82, 2.24) is 10.2 Å². The lowest BCUT2D eigenvalue weighted by molar-refractivity contribution is 0.00672. The molecule has 2 rings (SSSR count). The molecule has 2 amide bonds. The molecule has 7 nitrogen and oxygen atoms in total. The molecule has 0 bridgehead atoms. The molecule has 0 aliphatic carbocycles. The zero-order chi connectivity index (χ0) is 20.7. The predicted molar refractivity (Wildman–Crippen MR) is 110 cm³/mol. The van der Waals surface area contributed by atoms with Gasteiger partial charge < -0.3 is 14.8 Å². The minimum Gasteiger partial charge on any atom is -0.444 e. The Labute approximate surface area is 167 Å². The maximum atomic E-state index is 12.5. The molecular formula is C21H33N3O4. The highest BCUT2D eigenvalue weighted by molar-refractivity contribution is 5.95. The SMILES string of the molecule is CC(C)C(CNC(=O)c1ccc(NC(=O)OC(C)(C)C)cc1)N1CCOCC1. The first-order chi connectivity index (χ1) is 13.2. The van der Waals surface area contributed by atoms with Gasteiger partial charge in [-0.25, -0.2) is 4.79 Å². The zero-order valence-corrected chi connectivity index (χ0v) is 17.6. The topological polar surface area (TPSA) is 79.9 Å². The van der Waals surface area contributed by atoms with Gasteiger partial charge in [0.15, 0.2) is 0 Å². The Morgan fingerprint density at radius 2 is 1.75 bits per heavy atom. The van der Waals surface area contributed by atoms with E-state index in [0.717, 1.165) is 26.3 Å². The van der Waals surface area contributed by atoms with Gasteiger partial charge in [0.1, 0.15) is 5.60 Å². The number of nitrogens with one attached hydrogen (secondary N) is 2. The van der Waals surface area contributed by atoms with E-state index < -0.39 is 11.7 Å². The summed E-state index contributed by atoms with van der Waals surface area (Å²) in [7, 11) is 0. The Balaban J connectivity index is 1.88. The first kappa shape index (κ1) is 22.2. The van der Waals surface area contributed by atoms with Gasteiger partial charge in [0, 0.05) is 36.9 Å². The summed E-state index contributed by atoms with van der Waals surface area (Å²) in [5.41, 5.74) is 0.579. The second-order valence-corrected chi connectivity index (χ2v) is 8.37. The zero-order valence-electron chi connectivity index (χ0n) is 17.6. The average Bonchev–Trinajstić information content (AvgIpc) is 2.61. The Hall–Kier alpha value is -2.12. The minimum atomic E-state index is -0.558. The monoisotopic (exact) mass is 391 g/mol. The van der Waals surface area contributed by atoms with Gasteiger partial charge in [0.05, 0.1) is 13.2 Å². The molecule has 7 heteroatoms. The van der Waals surface area contributed by atoms with Crippen LogP contribution in [0.2, 0.25) is 0 Å². The van der Waals surface area contributed by atoms with Gasteiger partial charge in [0.25, 0.3) is 5.91 Å². The van der Waals surface area contributed by atoms with Crippen LogP contribution < -0.4 is 10.6 Å². The third-order valence-electron chi connectivity index (χ3n) is 4.55. The van der Waals surface area contributed by atoms with Crippen LogP contribution in [0.25, 0.3) is 0 Å². The van der Waals surface area contributed by atoms with Gasteiger partial charge in [-0.15, -0.1) is 0 Å². The van der Waals surface area contributed by atoms with E-state index in [-0.39, 0.29) is 11.9 Å². The Morgan fingerprint density at radius 3 is 2.29 bits per heavy atom. The maximum Gasteiger partial charge on any atom is 0.412 e. The fraction of sp³-hybridized carbons (Fsp3) is 0.619. The van der Waals surface area contributed by atoms with Gasteiger partial charge >= 0.3 is 6.09 Å². The molecule has 1 heterocycles. The van der Waals surface area contributed by atoms with Crippen molar-refractivity contribution in [2.24, 2.45) is 5.92 Å². The van der Waals surface area contributed by atoms with Gasteiger partial charge in [-0.3, -0.25) is 15.0 Å². The number of hydrogen-bond acceptors (Lipinski definition) is 5. The highest BCUT2D eigenvalue weighted by Gasteiger charge is 2.24. The number of nitrogens with zero attached hydrogens (tertiary/aromatic N) is 1. The fourth-order valence-corrected chi connectivity index (χ4v) is 3.12. The van der Waals surface area contributed by atoms with Crippen molar-refractivity contribution in [3.8, 4) is 0 Å². The number of anilines is 1. The molecule has 2 N–H and O–H groups in total. The minimum absolute atomic E-state index is 0.122. The Bertz CT molecular complexity index is 647. The van der Waals surface area contributed by atoms with Crippen molar-refractivity contribution >= 4 is 17.7 Å². The van der Waals surface area contributed by atoms with Crippen LogP contribution in [-0.2, 0) is 9.47 Å². The number of carbonyl (C=O) groups is 2. The molecule has 1 atom stereocenters. The van der Waals surface area contributed by atoms with E-state index in [0.29, 0.717) is 23.7 Å². The van der Waals surface area contributed by atoms with Crippen LogP contribution in [0.4, 0.5) is 10.5 Å². The summed E-state index contributed by atoms with van der Waals surface area (Å²) in [4.78, 5) is 26.7. The summed E-state index contributed by atoms with van der Waals surface area (Å²) in [6.45, 7) is 13.6. The van der Waals surface area contributed by atoms with E-state index in [1.165, 1.54) is 0 Å². The van der Waals surface area contributed by atoms with Crippen molar-refractivity contribution in [1.29, 1.82) is 0 Å². The van der Waals surface area contributed by atoms with Crippen LogP contribution in [0, 0.1) is 5.92 Å². The van der Waals surface area contributed by atoms with Gasteiger partial charge in [-0.1, -0.05) is 13.8 Å². The lowest BCUT2D eigenvalue weighted by Gasteiger charge is -2.36. The molecule has 0 radical (unpaired) electrons. The summed E-state index contributed by atoms with van der Waals surface area (Å²) in [5, 5.41) is 5.70. The molecule has 1 aromatic rings. The van der Waals surface area contributed by atoms with Crippen LogP contribution in [0.15, 0.2) is 24.3 Å². The average molecular weight is 392 g/mol. The van der Waals surface area contributed by atoms with Crippen molar-refractivity contribution < 1.29 is 19.1 Å². The molecule has 28 heavy (non-hydrogen) atoms. The summed E-state index contributed by atoms with van der Waals surface area (Å²) >= 11 is 0. The van der Waals surface area contributed by atoms with E-state index in [1.807, 2.05) is 0 Å². The molecule has 0 aromatic heterocycles. The summed E-state index contributed by atoms with van der Waals surface area (Å²) in [6.07, 6.45) is -0.519. The van der Waals surface area contributed by atoms with E-state index in [4.69, 9.17) is 9.47 Å². The van der Waals surface area contributed by atoms with E-state index >= 15 is 0 Å². The summed E-state index contributed by atoms with van der Waals surface area (Å²) < 4.78 is 10.6. The number of amides is 2. The standard InChI is InChI=1S/C21H33N3O4/c1-15(2)18(24-10-12-27-13-11-24)14-22-19(25)16-6-8-17(9-7-16)23-20(26)28-21(3,4)5/h6-9,15,18H,10-14H2,1-5H3,(H,22,25)(H,23,26). The second-order valence-electron chi connectivity index (χ2n) is 8.37. The van der Waals surface area contributed by atoms with E-state index in [9.17, 15) is 9.59 Å². The van der Waals surface area contributed by atoms with Crippen molar-refractivity contribution in [3.05, 3.63) is 29.8 Å². The normalized spacial score (nSPS) is 16.5. The maximum absolute atomic E-state index is 12.5. The van der Waals surface area contributed by atoms with Crippen LogP contribution in [0.3, 0.4) is 0 Å². The first-order valence-electron chi connectivity index (χ1n) is 9.86. The highest BCUT2D eigenvalue weighted by atomic mass is 16.6. The van der Waals surface area contributed by atoms with Crippen molar-refractivity contribution in [2.45, 2.75) is 46.3 Å². The lowest BCUT2D eigenvalue weighted by Crippen LogP contribution is -2.51. The largest absolute Gasteiger partial charge is 0.444 e. The molecule has 1 unspecified atom stereocenters. The molecular weight excluding hydrogens is 358 g/mol. The quantitative estimate of drug-likeness (QED) is 0.779. The number of hydrogen-bond donors (Lipinski definition) is 2. The van der Waals surface area contributed by atoms with Crippen LogP contribution in [0.5, 0.6) is 0 Å². The highest BCUT2D eigenvalue weighted by Crippen LogP contribution is 2.15. The van der Waals surface area contributed by atoms with Crippen LogP contribution in [0.1, 0.15) is 45.0 Å². The van der Waals surface area contributed by atoms with Gasteiger partial charge in [-0.2, -0.15) is 0 Å². The van der Waals surface area contributed by atoms with Gasteiger partial charge in [-0.05, 0) is 51.0 Å². The number of morpholine rings is 1. The third kappa shape index (κ3) is 7.13. The smallest absolute Gasteiger partial charge is 0.412 e. The van der Waals surface area contributed by atoms with Crippen molar-refractivity contribution in [2.75, 3.05) is 38.2 Å². The molecule has 1 aliphatic rings. The van der Waals surface area contributed by atoms with E-state index in [1.54, 1.807) is 45.0 Å². The molecule has 0 spiro atoms. The lowest BCUT2D eigenvalue weighted by atomic mass is 10.0. The van der Waals surface area contributed by atoms with Gasteiger partial charge in [0.2, 0.25) is 0 Å². The Morgan fingerprint density at radius 1 is 1.14 bits per heavy atom.